The van der Waals surface area contributed by atoms with Crippen LogP contribution in [0.3, 0.4) is 0 Å². The minimum absolute atomic E-state index is 0.182. The van der Waals surface area contributed by atoms with Crippen molar-refractivity contribution in [3.63, 3.8) is 0 Å². The van der Waals surface area contributed by atoms with Crippen molar-refractivity contribution in [3.8, 4) is 0 Å². The highest BCUT2D eigenvalue weighted by Gasteiger charge is 2.00. The predicted molar refractivity (Wildman–Crippen MR) is 62.8 cm³/mol. The van der Waals surface area contributed by atoms with Gasteiger partial charge in [0.05, 0.1) is 6.34 Å². The van der Waals surface area contributed by atoms with E-state index in [1.165, 1.54) is 0 Å². The second-order valence-electron chi connectivity index (χ2n) is 3.84. The summed E-state index contributed by atoms with van der Waals surface area (Å²) in [6, 6.07) is 0. The van der Waals surface area contributed by atoms with E-state index in [0.717, 1.165) is 5.70 Å². The maximum atomic E-state index is 7.49. The van der Waals surface area contributed by atoms with E-state index in [9.17, 15) is 0 Å². The molecule has 0 aromatic heterocycles. The molecule has 0 radical (unpaired) electrons. The Morgan fingerprint density at radius 3 is 2.14 bits per heavy atom. The van der Waals surface area contributed by atoms with Crippen molar-refractivity contribution in [3.05, 3.63) is 11.8 Å². The van der Waals surface area contributed by atoms with Gasteiger partial charge >= 0.3 is 0 Å². The van der Waals surface area contributed by atoms with Gasteiger partial charge in [-0.2, -0.15) is 0 Å². The second-order valence-corrected chi connectivity index (χ2v) is 3.84. The van der Waals surface area contributed by atoms with E-state index in [4.69, 9.17) is 5.41 Å². The average molecular weight is 195 g/mol. The van der Waals surface area contributed by atoms with Crippen LogP contribution in [0, 0.1) is 17.2 Å². The van der Waals surface area contributed by atoms with Crippen LogP contribution in [0.4, 0.5) is 0 Å². The SMILES string of the molecule is C/C=C(\NC=NC(=N)C(C)C)C(C)C. The lowest BCUT2D eigenvalue weighted by Crippen LogP contribution is -2.16. The topological polar surface area (TPSA) is 48.2 Å². The molecule has 3 heteroatoms. The van der Waals surface area contributed by atoms with Crippen LogP contribution in [0.15, 0.2) is 16.8 Å². The molecule has 0 unspecified atom stereocenters. The summed E-state index contributed by atoms with van der Waals surface area (Å²) in [6.45, 7) is 10.1. The molecule has 0 atom stereocenters. The molecule has 80 valence electrons. The molecule has 14 heavy (non-hydrogen) atoms. The van der Waals surface area contributed by atoms with Gasteiger partial charge in [0.15, 0.2) is 0 Å². The normalized spacial score (nSPS) is 12.9. The number of aliphatic imine (C=N–C) groups is 1. The van der Waals surface area contributed by atoms with Crippen LogP contribution in [0.1, 0.15) is 34.6 Å². The lowest BCUT2D eigenvalue weighted by Gasteiger charge is -2.09. The zero-order chi connectivity index (χ0) is 11.1. The Morgan fingerprint density at radius 2 is 1.79 bits per heavy atom. The van der Waals surface area contributed by atoms with Gasteiger partial charge in [-0.3, -0.25) is 5.41 Å². The average Bonchev–Trinajstić information content (AvgIpc) is 2.11. The molecule has 2 N–H and O–H groups in total. The summed E-state index contributed by atoms with van der Waals surface area (Å²) in [5, 5.41) is 10.6. The Bertz CT molecular complexity index is 237. The van der Waals surface area contributed by atoms with Crippen molar-refractivity contribution in [2.45, 2.75) is 34.6 Å². The highest BCUT2D eigenvalue weighted by Crippen LogP contribution is 2.03. The lowest BCUT2D eigenvalue weighted by molar-refractivity contribution is 0.727. The number of allylic oxidation sites excluding steroid dienone is 2. The highest BCUT2D eigenvalue weighted by atomic mass is 15.0. The fourth-order valence-electron chi connectivity index (χ4n) is 0.909. The lowest BCUT2D eigenvalue weighted by atomic mass is 10.1. The Kier molecular flexibility index (Phi) is 5.84. The smallest absolute Gasteiger partial charge is 0.124 e. The van der Waals surface area contributed by atoms with Gasteiger partial charge in [0.25, 0.3) is 0 Å². The molecular weight excluding hydrogens is 174 g/mol. The van der Waals surface area contributed by atoms with Crippen LogP contribution in [-0.4, -0.2) is 12.2 Å². The van der Waals surface area contributed by atoms with Crippen molar-refractivity contribution in [1.29, 1.82) is 5.41 Å². The Hall–Kier alpha value is -1.12. The Balaban J connectivity index is 4.11. The number of rotatable bonds is 4. The first-order chi connectivity index (χ1) is 6.49. The van der Waals surface area contributed by atoms with Crippen LogP contribution in [0.25, 0.3) is 0 Å². The zero-order valence-corrected chi connectivity index (χ0v) is 9.76. The third-order valence-electron chi connectivity index (χ3n) is 1.91. The molecule has 0 heterocycles. The van der Waals surface area contributed by atoms with Gasteiger partial charge in [0.1, 0.15) is 5.84 Å². The number of hydrogen-bond acceptors (Lipinski definition) is 1. The molecule has 0 aliphatic carbocycles. The maximum Gasteiger partial charge on any atom is 0.124 e. The summed E-state index contributed by atoms with van der Waals surface area (Å²) < 4.78 is 0. The Morgan fingerprint density at radius 1 is 1.21 bits per heavy atom. The fourth-order valence-corrected chi connectivity index (χ4v) is 0.909. The van der Waals surface area contributed by atoms with Crippen molar-refractivity contribution in [2.75, 3.05) is 0 Å². The van der Waals surface area contributed by atoms with Gasteiger partial charge in [0, 0.05) is 11.6 Å². The summed E-state index contributed by atoms with van der Waals surface area (Å²) in [4.78, 5) is 4.00. The van der Waals surface area contributed by atoms with Crippen LogP contribution < -0.4 is 5.32 Å². The maximum absolute atomic E-state index is 7.49. The highest BCUT2D eigenvalue weighted by molar-refractivity contribution is 5.88. The van der Waals surface area contributed by atoms with E-state index in [1.807, 2.05) is 26.8 Å². The number of nitrogens with one attached hydrogen (secondary N) is 2. The minimum atomic E-state index is 0.182. The molecule has 0 saturated heterocycles. The molecule has 0 aromatic carbocycles. The first-order valence-corrected chi connectivity index (χ1v) is 5.02. The van der Waals surface area contributed by atoms with Crippen molar-refractivity contribution < 1.29 is 0 Å². The van der Waals surface area contributed by atoms with Gasteiger partial charge in [-0.05, 0) is 12.8 Å². The molecule has 0 fully saturated rings. The van der Waals surface area contributed by atoms with Crippen molar-refractivity contribution in [2.24, 2.45) is 16.8 Å². The summed E-state index contributed by atoms with van der Waals surface area (Å²) in [5.74, 6) is 1.04. The van der Waals surface area contributed by atoms with Gasteiger partial charge in [-0.15, -0.1) is 0 Å². The van der Waals surface area contributed by atoms with Crippen molar-refractivity contribution >= 4 is 12.2 Å². The number of hydrogen-bond donors (Lipinski definition) is 2. The Labute approximate surface area is 86.8 Å². The van der Waals surface area contributed by atoms with Gasteiger partial charge in [0.2, 0.25) is 0 Å². The zero-order valence-electron chi connectivity index (χ0n) is 9.76. The molecule has 0 amide bonds. The summed E-state index contributed by atoms with van der Waals surface area (Å²) in [5.41, 5.74) is 1.13. The largest absolute Gasteiger partial charge is 0.350 e. The van der Waals surface area contributed by atoms with E-state index in [1.54, 1.807) is 6.34 Å². The van der Waals surface area contributed by atoms with Crippen molar-refractivity contribution in [1.82, 2.24) is 5.32 Å². The fraction of sp³-hybridized carbons (Fsp3) is 0.636. The molecule has 0 aliphatic heterocycles. The molecule has 3 nitrogen and oxygen atoms in total. The monoisotopic (exact) mass is 195 g/mol. The number of amidine groups is 1. The predicted octanol–water partition coefficient (Wildman–Crippen LogP) is 2.80. The first kappa shape index (κ1) is 12.9. The standard InChI is InChI=1S/C11H21N3/c1-6-10(8(2)3)13-7-14-11(12)9(4)5/h6-9H,1-5H3,(H2,12,13,14)/b10-6-. The summed E-state index contributed by atoms with van der Waals surface area (Å²) in [6.07, 6.45) is 3.62. The molecule has 0 bridgehead atoms. The summed E-state index contributed by atoms with van der Waals surface area (Å²) in [7, 11) is 0. The van der Waals surface area contributed by atoms with Crippen LogP contribution in [0.5, 0.6) is 0 Å². The van der Waals surface area contributed by atoms with E-state index >= 15 is 0 Å². The summed E-state index contributed by atoms with van der Waals surface area (Å²) >= 11 is 0. The van der Waals surface area contributed by atoms with E-state index in [0.29, 0.717) is 11.8 Å². The van der Waals surface area contributed by atoms with E-state index in [2.05, 4.69) is 24.2 Å². The molecule has 0 aromatic rings. The molecule has 0 spiro atoms. The van der Waals surface area contributed by atoms with Gasteiger partial charge in [-0.1, -0.05) is 33.8 Å². The van der Waals surface area contributed by atoms with Gasteiger partial charge < -0.3 is 5.32 Å². The molecule has 0 aliphatic rings. The molecule has 0 saturated carbocycles. The number of nitrogens with zero attached hydrogens (tertiary/aromatic N) is 1. The third-order valence-corrected chi connectivity index (χ3v) is 1.91. The quantitative estimate of drug-likeness (QED) is 0.526. The van der Waals surface area contributed by atoms with Crippen LogP contribution >= 0.6 is 0 Å². The third kappa shape index (κ3) is 4.80. The van der Waals surface area contributed by atoms with E-state index < -0.39 is 0 Å². The van der Waals surface area contributed by atoms with Gasteiger partial charge in [-0.25, -0.2) is 4.99 Å². The van der Waals surface area contributed by atoms with Crippen LogP contribution in [-0.2, 0) is 0 Å². The molecule has 0 rings (SSSR count). The minimum Gasteiger partial charge on any atom is -0.350 e. The first-order valence-electron chi connectivity index (χ1n) is 5.02. The molecular formula is C11H21N3. The van der Waals surface area contributed by atoms with Crippen LogP contribution in [0.2, 0.25) is 0 Å². The van der Waals surface area contributed by atoms with E-state index in [-0.39, 0.29) is 5.92 Å². The second kappa shape index (κ2) is 6.35.